The third-order valence-corrected chi connectivity index (χ3v) is 5.09. The highest BCUT2D eigenvalue weighted by molar-refractivity contribution is 9.08. The number of carbonyl (C=O) groups is 1. The summed E-state index contributed by atoms with van der Waals surface area (Å²) in [4.78, 5) is 12.6. The maximum atomic E-state index is 12.6. The second-order valence-electron chi connectivity index (χ2n) is 5.68. The second-order valence-corrected chi connectivity index (χ2v) is 6.24. The van der Waals surface area contributed by atoms with E-state index in [0.29, 0.717) is 11.9 Å². The Morgan fingerprint density at radius 3 is 2.62 bits per heavy atom. The highest BCUT2D eigenvalue weighted by Crippen LogP contribution is 2.42. The number of alkyl halides is 1. The topological polar surface area (TPSA) is 38.3 Å². The fourth-order valence-corrected chi connectivity index (χ4v) is 3.55. The number of halogens is 1. The average Bonchev–Trinajstić information content (AvgIpc) is 2.99. The molecule has 0 atom stereocenters. The lowest BCUT2D eigenvalue weighted by Crippen LogP contribution is -2.33. The Balaban J connectivity index is 2.14. The Labute approximate surface area is 135 Å². The number of rotatable bonds is 6. The van der Waals surface area contributed by atoms with Gasteiger partial charge in [-0.15, -0.1) is 0 Å². The number of anilines is 1. The molecule has 0 spiro atoms. The number of nitrogens with one attached hydrogen (secondary N) is 1. The van der Waals surface area contributed by atoms with Crippen LogP contribution in [0.5, 0.6) is 5.75 Å². The van der Waals surface area contributed by atoms with Gasteiger partial charge in [-0.05, 0) is 44.4 Å². The molecule has 1 aliphatic rings. The Morgan fingerprint density at radius 1 is 1.33 bits per heavy atom. The van der Waals surface area contributed by atoms with E-state index in [1.54, 1.807) is 0 Å². The van der Waals surface area contributed by atoms with Crippen LogP contribution < -0.4 is 10.1 Å². The molecule has 1 aromatic rings. The zero-order chi connectivity index (χ0) is 15.3. The molecule has 1 fully saturated rings. The normalized spacial score (nSPS) is 16.7. The van der Waals surface area contributed by atoms with Crippen LogP contribution in [0.4, 0.5) is 5.69 Å². The first kappa shape index (κ1) is 16.3. The fourth-order valence-electron chi connectivity index (χ4n) is 3.11. The summed E-state index contributed by atoms with van der Waals surface area (Å²) in [5.74, 6) is 1.05. The number of ether oxygens (including phenoxy) is 1. The Morgan fingerprint density at radius 2 is 2.05 bits per heavy atom. The molecule has 2 rings (SSSR count). The van der Waals surface area contributed by atoms with Crippen LogP contribution in [0.25, 0.3) is 0 Å². The van der Waals surface area contributed by atoms with Crippen LogP contribution in [0.2, 0.25) is 0 Å². The van der Waals surface area contributed by atoms with Crippen LogP contribution in [0.1, 0.15) is 51.5 Å². The Bertz CT molecular complexity index is 496. The van der Waals surface area contributed by atoms with Gasteiger partial charge in [0.25, 0.3) is 0 Å². The van der Waals surface area contributed by atoms with Crippen molar-refractivity contribution in [3.63, 3.8) is 0 Å². The smallest absolute Gasteiger partial charge is 0.230 e. The summed E-state index contributed by atoms with van der Waals surface area (Å²) in [5, 5.41) is 3.82. The number of benzene rings is 1. The molecule has 0 radical (unpaired) electrons. The molecule has 1 aromatic carbocycles. The largest absolute Gasteiger partial charge is 0.494 e. The minimum absolute atomic E-state index is 0.160. The number of hydrogen-bond acceptors (Lipinski definition) is 2. The van der Waals surface area contributed by atoms with E-state index in [1.807, 2.05) is 25.1 Å². The molecule has 0 saturated heterocycles. The van der Waals surface area contributed by atoms with Gasteiger partial charge >= 0.3 is 0 Å². The van der Waals surface area contributed by atoms with Crippen molar-refractivity contribution >= 4 is 27.5 Å². The minimum Gasteiger partial charge on any atom is -0.494 e. The van der Waals surface area contributed by atoms with E-state index in [-0.39, 0.29) is 11.3 Å². The van der Waals surface area contributed by atoms with Gasteiger partial charge in [0.05, 0.1) is 6.61 Å². The van der Waals surface area contributed by atoms with Gasteiger partial charge in [0, 0.05) is 22.0 Å². The van der Waals surface area contributed by atoms with E-state index < -0.39 is 0 Å². The van der Waals surface area contributed by atoms with Gasteiger partial charge in [-0.2, -0.15) is 0 Å². The molecule has 0 unspecified atom stereocenters. The molecule has 21 heavy (non-hydrogen) atoms. The predicted molar refractivity (Wildman–Crippen MR) is 90.1 cm³/mol. The monoisotopic (exact) mass is 353 g/mol. The molecule has 4 heteroatoms. The number of amides is 1. The van der Waals surface area contributed by atoms with Crippen molar-refractivity contribution in [2.75, 3.05) is 11.9 Å². The second kappa shape index (κ2) is 7.30. The van der Waals surface area contributed by atoms with Crippen molar-refractivity contribution in [3.8, 4) is 5.75 Å². The van der Waals surface area contributed by atoms with Crippen LogP contribution in [-0.2, 0) is 10.1 Å². The predicted octanol–water partition coefficient (Wildman–Crippen LogP) is 4.89. The lowest BCUT2D eigenvalue weighted by molar-refractivity contribution is -0.125. The molecule has 1 saturated carbocycles. The molecule has 0 aromatic heterocycles. The van der Waals surface area contributed by atoms with Gasteiger partial charge in [0.2, 0.25) is 5.91 Å². The van der Waals surface area contributed by atoms with E-state index in [2.05, 4.69) is 28.2 Å². The van der Waals surface area contributed by atoms with E-state index >= 15 is 0 Å². The van der Waals surface area contributed by atoms with E-state index in [9.17, 15) is 4.79 Å². The van der Waals surface area contributed by atoms with Gasteiger partial charge in [-0.25, -0.2) is 0 Å². The summed E-state index contributed by atoms with van der Waals surface area (Å²) < 4.78 is 5.59. The molecule has 1 amide bonds. The Hall–Kier alpha value is -1.03. The molecule has 116 valence electrons. The standard InChI is InChI=1S/C17H24BrNO2/c1-3-17(9-5-6-10-17)16(20)19-14-7-8-15(21-4-2)13(11-14)12-18/h7-8,11H,3-6,9-10,12H2,1-2H3,(H,19,20). The van der Waals surface area contributed by atoms with Crippen LogP contribution in [0.3, 0.4) is 0 Å². The fraction of sp³-hybridized carbons (Fsp3) is 0.588. The van der Waals surface area contributed by atoms with Crippen LogP contribution in [-0.4, -0.2) is 12.5 Å². The SMILES string of the molecule is CCOc1ccc(NC(=O)C2(CC)CCCC2)cc1CBr. The Kier molecular flexibility index (Phi) is 5.68. The van der Waals surface area contributed by atoms with Gasteiger partial charge in [0.1, 0.15) is 5.75 Å². The third-order valence-electron chi connectivity index (χ3n) is 4.48. The minimum atomic E-state index is -0.160. The number of hydrogen-bond donors (Lipinski definition) is 1. The first-order valence-electron chi connectivity index (χ1n) is 7.78. The van der Waals surface area contributed by atoms with Crippen molar-refractivity contribution in [3.05, 3.63) is 23.8 Å². The van der Waals surface area contributed by atoms with Gasteiger partial charge in [0.15, 0.2) is 0 Å². The summed E-state index contributed by atoms with van der Waals surface area (Å²) in [5.41, 5.74) is 1.76. The van der Waals surface area contributed by atoms with Crippen molar-refractivity contribution in [2.45, 2.75) is 51.3 Å². The van der Waals surface area contributed by atoms with Crippen LogP contribution in [0.15, 0.2) is 18.2 Å². The van der Waals surface area contributed by atoms with Crippen molar-refractivity contribution in [2.24, 2.45) is 5.41 Å². The summed E-state index contributed by atoms with van der Waals surface area (Å²) in [7, 11) is 0. The van der Waals surface area contributed by atoms with Crippen LogP contribution in [0, 0.1) is 5.41 Å². The van der Waals surface area contributed by atoms with Gasteiger partial charge in [-0.3, -0.25) is 4.79 Å². The molecular formula is C17H24BrNO2. The average molecular weight is 354 g/mol. The summed E-state index contributed by atoms with van der Waals surface area (Å²) in [6, 6.07) is 5.85. The van der Waals surface area contributed by atoms with E-state index in [4.69, 9.17) is 4.74 Å². The maximum Gasteiger partial charge on any atom is 0.230 e. The quantitative estimate of drug-likeness (QED) is 0.739. The van der Waals surface area contributed by atoms with Gasteiger partial charge in [-0.1, -0.05) is 35.7 Å². The number of carbonyl (C=O) groups excluding carboxylic acids is 1. The molecule has 0 heterocycles. The first-order valence-corrected chi connectivity index (χ1v) is 8.90. The zero-order valence-electron chi connectivity index (χ0n) is 12.9. The van der Waals surface area contributed by atoms with Crippen molar-refractivity contribution in [1.29, 1.82) is 0 Å². The molecule has 0 bridgehead atoms. The molecular weight excluding hydrogens is 330 g/mol. The highest BCUT2D eigenvalue weighted by Gasteiger charge is 2.39. The molecule has 0 aliphatic heterocycles. The lowest BCUT2D eigenvalue weighted by atomic mass is 9.82. The zero-order valence-corrected chi connectivity index (χ0v) is 14.5. The molecule has 1 N–H and O–H groups in total. The summed E-state index contributed by atoms with van der Waals surface area (Å²) in [6.45, 7) is 4.73. The highest BCUT2D eigenvalue weighted by atomic mass is 79.9. The van der Waals surface area contributed by atoms with Crippen molar-refractivity contribution in [1.82, 2.24) is 0 Å². The third kappa shape index (κ3) is 3.60. The van der Waals surface area contributed by atoms with E-state index in [0.717, 1.165) is 49.1 Å². The van der Waals surface area contributed by atoms with Crippen molar-refractivity contribution < 1.29 is 9.53 Å². The molecule has 3 nitrogen and oxygen atoms in total. The molecule has 1 aliphatic carbocycles. The summed E-state index contributed by atoms with van der Waals surface area (Å²) in [6.07, 6.45) is 5.27. The van der Waals surface area contributed by atoms with E-state index in [1.165, 1.54) is 0 Å². The summed E-state index contributed by atoms with van der Waals surface area (Å²) >= 11 is 3.48. The first-order chi connectivity index (χ1) is 10.1. The van der Waals surface area contributed by atoms with Gasteiger partial charge < -0.3 is 10.1 Å². The lowest BCUT2D eigenvalue weighted by Gasteiger charge is -2.26. The maximum absolute atomic E-state index is 12.6. The van der Waals surface area contributed by atoms with Crippen LogP contribution >= 0.6 is 15.9 Å².